The summed E-state index contributed by atoms with van der Waals surface area (Å²) >= 11 is 0. The smallest absolute Gasteiger partial charge is 0.245 e. The molecule has 8 heteroatoms. The fourth-order valence-electron chi connectivity index (χ4n) is 2.26. The lowest BCUT2D eigenvalue weighted by Gasteiger charge is -2.35. The number of aromatic nitrogens is 2. The molecule has 0 aromatic carbocycles. The molecule has 1 unspecified atom stereocenters. The Balaban J connectivity index is 2.26. The molecule has 1 atom stereocenters. The fourth-order valence-corrected chi connectivity index (χ4v) is 2.26. The molecule has 2 rings (SSSR count). The van der Waals surface area contributed by atoms with E-state index in [1.54, 1.807) is 6.07 Å². The minimum atomic E-state index is -0.400. The lowest BCUT2D eigenvalue weighted by Crippen LogP contribution is -2.54. The van der Waals surface area contributed by atoms with Crippen molar-refractivity contribution in [3.63, 3.8) is 0 Å². The SMILES string of the molecule is CCNC(=O)C1COCCN1c1cc(NCC)nc(N)n1. The third-order valence-corrected chi connectivity index (χ3v) is 3.16. The number of likely N-dealkylation sites (N-methyl/N-ethyl adjacent to an activating group) is 1. The Hall–Kier alpha value is -2.09. The third-order valence-electron chi connectivity index (χ3n) is 3.16. The second-order valence-electron chi connectivity index (χ2n) is 4.68. The number of rotatable bonds is 5. The number of carbonyl (C=O) groups excluding carboxylic acids is 1. The Labute approximate surface area is 124 Å². The summed E-state index contributed by atoms with van der Waals surface area (Å²) in [6, 6.07) is 1.40. The van der Waals surface area contributed by atoms with Gasteiger partial charge in [0.2, 0.25) is 11.9 Å². The molecule has 8 nitrogen and oxygen atoms in total. The zero-order chi connectivity index (χ0) is 15.2. The summed E-state index contributed by atoms with van der Waals surface area (Å²) in [4.78, 5) is 22.4. The molecular formula is C13H22N6O2. The molecule has 4 N–H and O–H groups in total. The van der Waals surface area contributed by atoms with E-state index in [9.17, 15) is 4.79 Å². The maximum atomic E-state index is 12.2. The number of nitrogen functional groups attached to an aromatic ring is 1. The van der Waals surface area contributed by atoms with Crippen LogP contribution in [0.1, 0.15) is 13.8 Å². The maximum absolute atomic E-state index is 12.2. The first-order chi connectivity index (χ1) is 10.2. The van der Waals surface area contributed by atoms with Crippen molar-refractivity contribution in [2.75, 3.05) is 48.8 Å². The molecule has 2 heterocycles. The Morgan fingerprint density at radius 2 is 2.29 bits per heavy atom. The number of anilines is 3. The molecule has 1 aliphatic rings. The van der Waals surface area contributed by atoms with Crippen LogP contribution in [-0.4, -0.2) is 54.8 Å². The van der Waals surface area contributed by atoms with Crippen LogP contribution in [0.15, 0.2) is 6.07 Å². The van der Waals surface area contributed by atoms with Crippen molar-refractivity contribution in [3.8, 4) is 0 Å². The van der Waals surface area contributed by atoms with E-state index in [0.29, 0.717) is 37.9 Å². The van der Waals surface area contributed by atoms with Crippen LogP contribution in [0, 0.1) is 0 Å². The van der Waals surface area contributed by atoms with E-state index in [4.69, 9.17) is 10.5 Å². The van der Waals surface area contributed by atoms with Crippen LogP contribution in [-0.2, 0) is 9.53 Å². The van der Waals surface area contributed by atoms with Gasteiger partial charge in [0.05, 0.1) is 13.2 Å². The van der Waals surface area contributed by atoms with E-state index in [2.05, 4.69) is 20.6 Å². The molecule has 1 saturated heterocycles. The van der Waals surface area contributed by atoms with Gasteiger partial charge in [0, 0.05) is 25.7 Å². The number of morpholine rings is 1. The van der Waals surface area contributed by atoms with Crippen molar-refractivity contribution < 1.29 is 9.53 Å². The van der Waals surface area contributed by atoms with Gasteiger partial charge in [-0.1, -0.05) is 0 Å². The summed E-state index contributed by atoms with van der Waals surface area (Å²) in [6.45, 7) is 6.66. The minimum absolute atomic E-state index is 0.0700. The van der Waals surface area contributed by atoms with Crippen LogP contribution in [0.3, 0.4) is 0 Å². The molecule has 1 aromatic rings. The normalized spacial score (nSPS) is 18.4. The number of carbonyl (C=O) groups is 1. The molecule has 0 aliphatic carbocycles. The largest absolute Gasteiger partial charge is 0.377 e. The van der Waals surface area contributed by atoms with Crippen molar-refractivity contribution >= 4 is 23.5 Å². The second kappa shape index (κ2) is 7.07. The molecule has 1 aliphatic heterocycles. The van der Waals surface area contributed by atoms with Crippen molar-refractivity contribution in [1.29, 1.82) is 0 Å². The standard InChI is InChI=1S/C13H22N6O2/c1-3-15-10-7-11(18-13(14)17-10)19-5-6-21-8-9(19)12(20)16-4-2/h7,9H,3-6,8H2,1-2H3,(H,16,20)(H3,14,15,17,18). The first kappa shape index (κ1) is 15.3. The average Bonchev–Trinajstić information content (AvgIpc) is 2.47. The molecule has 0 spiro atoms. The van der Waals surface area contributed by atoms with Crippen molar-refractivity contribution in [2.45, 2.75) is 19.9 Å². The Bertz CT molecular complexity index is 496. The number of nitrogens with two attached hydrogens (primary N) is 1. The van der Waals surface area contributed by atoms with Gasteiger partial charge in [0.15, 0.2) is 0 Å². The van der Waals surface area contributed by atoms with E-state index in [1.165, 1.54) is 0 Å². The summed E-state index contributed by atoms with van der Waals surface area (Å²) in [5.74, 6) is 1.41. The number of nitrogens with zero attached hydrogens (tertiary/aromatic N) is 3. The molecule has 1 amide bonds. The minimum Gasteiger partial charge on any atom is -0.377 e. The summed E-state index contributed by atoms with van der Waals surface area (Å²) < 4.78 is 5.42. The number of hydrogen-bond donors (Lipinski definition) is 3. The summed E-state index contributed by atoms with van der Waals surface area (Å²) in [6.07, 6.45) is 0. The van der Waals surface area contributed by atoms with Gasteiger partial charge in [-0.05, 0) is 13.8 Å². The number of amides is 1. The Kier molecular flexibility index (Phi) is 5.15. The molecule has 0 bridgehead atoms. The average molecular weight is 294 g/mol. The van der Waals surface area contributed by atoms with Crippen LogP contribution in [0.5, 0.6) is 0 Å². The molecule has 0 radical (unpaired) electrons. The first-order valence-corrected chi connectivity index (χ1v) is 7.16. The highest BCUT2D eigenvalue weighted by Crippen LogP contribution is 2.21. The molecular weight excluding hydrogens is 272 g/mol. The van der Waals surface area contributed by atoms with E-state index in [1.807, 2.05) is 18.7 Å². The van der Waals surface area contributed by atoms with Gasteiger partial charge in [-0.3, -0.25) is 4.79 Å². The van der Waals surface area contributed by atoms with E-state index < -0.39 is 6.04 Å². The molecule has 21 heavy (non-hydrogen) atoms. The number of nitrogens with one attached hydrogen (secondary N) is 2. The van der Waals surface area contributed by atoms with Crippen LogP contribution < -0.4 is 21.3 Å². The van der Waals surface area contributed by atoms with Crippen molar-refractivity contribution in [2.24, 2.45) is 0 Å². The molecule has 1 fully saturated rings. The maximum Gasteiger partial charge on any atom is 0.245 e. The first-order valence-electron chi connectivity index (χ1n) is 7.16. The predicted octanol–water partition coefficient (Wildman–Crippen LogP) is -0.168. The molecule has 1 aromatic heterocycles. The van der Waals surface area contributed by atoms with Gasteiger partial charge in [0.25, 0.3) is 0 Å². The highest BCUT2D eigenvalue weighted by atomic mass is 16.5. The fraction of sp³-hybridized carbons (Fsp3) is 0.615. The van der Waals surface area contributed by atoms with Crippen molar-refractivity contribution in [3.05, 3.63) is 6.07 Å². The summed E-state index contributed by atoms with van der Waals surface area (Å²) in [5.41, 5.74) is 5.76. The third kappa shape index (κ3) is 3.72. The van der Waals surface area contributed by atoms with Crippen molar-refractivity contribution in [1.82, 2.24) is 15.3 Å². The lowest BCUT2D eigenvalue weighted by atomic mass is 10.2. The van der Waals surface area contributed by atoms with Gasteiger partial charge in [-0.25, -0.2) is 0 Å². The van der Waals surface area contributed by atoms with Gasteiger partial charge in [0.1, 0.15) is 17.7 Å². The van der Waals surface area contributed by atoms with Gasteiger partial charge in [-0.2, -0.15) is 9.97 Å². The van der Waals surface area contributed by atoms with Crippen LogP contribution in [0.25, 0.3) is 0 Å². The molecule has 0 saturated carbocycles. The quantitative estimate of drug-likeness (QED) is 0.692. The lowest BCUT2D eigenvalue weighted by molar-refractivity contribution is -0.124. The number of ether oxygens (including phenoxy) is 1. The van der Waals surface area contributed by atoms with E-state index in [0.717, 1.165) is 6.54 Å². The zero-order valence-electron chi connectivity index (χ0n) is 12.4. The highest BCUT2D eigenvalue weighted by molar-refractivity contribution is 5.85. The van der Waals surface area contributed by atoms with E-state index in [-0.39, 0.29) is 11.9 Å². The van der Waals surface area contributed by atoms with Gasteiger partial charge in [-0.15, -0.1) is 0 Å². The van der Waals surface area contributed by atoms with Crippen LogP contribution in [0.2, 0.25) is 0 Å². The molecule has 116 valence electrons. The summed E-state index contributed by atoms with van der Waals surface area (Å²) in [5, 5.41) is 5.93. The predicted molar refractivity (Wildman–Crippen MR) is 81.2 cm³/mol. The Morgan fingerprint density at radius 1 is 1.48 bits per heavy atom. The summed E-state index contributed by atoms with van der Waals surface area (Å²) in [7, 11) is 0. The van der Waals surface area contributed by atoms with E-state index >= 15 is 0 Å². The topological polar surface area (TPSA) is 105 Å². The van der Waals surface area contributed by atoms with Crippen LogP contribution in [0.4, 0.5) is 17.6 Å². The zero-order valence-corrected chi connectivity index (χ0v) is 12.4. The Morgan fingerprint density at radius 3 is 3.00 bits per heavy atom. The second-order valence-corrected chi connectivity index (χ2v) is 4.68. The van der Waals surface area contributed by atoms with Crippen LogP contribution >= 0.6 is 0 Å². The monoisotopic (exact) mass is 294 g/mol. The van der Waals surface area contributed by atoms with Gasteiger partial charge < -0.3 is 26.0 Å². The highest BCUT2D eigenvalue weighted by Gasteiger charge is 2.30. The number of hydrogen-bond acceptors (Lipinski definition) is 7. The van der Waals surface area contributed by atoms with Gasteiger partial charge >= 0.3 is 0 Å².